The smallest absolute Gasteiger partial charge is 0.133 e. The van der Waals surface area contributed by atoms with Crippen LogP contribution in [-0.2, 0) is 6.54 Å². The topological polar surface area (TPSA) is 24.5 Å². The molecule has 1 fully saturated rings. The van der Waals surface area contributed by atoms with E-state index in [-0.39, 0.29) is 0 Å². The molecule has 2 unspecified atom stereocenters. The highest BCUT2D eigenvalue weighted by molar-refractivity contribution is 9.10. The normalized spacial score (nSPS) is 24.1. The fourth-order valence-electron chi connectivity index (χ4n) is 2.76. The number of rotatable bonds is 3. The molecule has 0 radical (unpaired) electrons. The van der Waals surface area contributed by atoms with Gasteiger partial charge in [-0.2, -0.15) is 0 Å². The fraction of sp³-hybridized carbons (Fsp3) is 0.647. The van der Waals surface area contributed by atoms with Gasteiger partial charge in [0.05, 0.1) is 11.6 Å². The molecule has 0 aromatic heterocycles. The molecule has 118 valence electrons. The fourth-order valence-corrected chi connectivity index (χ4v) is 3.35. The van der Waals surface area contributed by atoms with E-state index in [1.54, 1.807) is 7.11 Å². The van der Waals surface area contributed by atoms with E-state index in [1.807, 2.05) is 6.07 Å². The van der Waals surface area contributed by atoms with Gasteiger partial charge in [0.25, 0.3) is 0 Å². The predicted octanol–water partition coefficient (Wildman–Crippen LogP) is 3.67. The summed E-state index contributed by atoms with van der Waals surface area (Å²) in [5, 5.41) is 3.68. The van der Waals surface area contributed by atoms with Gasteiger partial charge in [-0.15, -0.1) is 0 Å². The van der Waals surface area contributed by atoms with Crippen LogP contribution in [0.1, 0.15) is 33.3 Å². The van der Waals surface area contributed by atoms with Gasteiger partial charge in [-0.05, 0) is 46.0 Å². The molecular formula is C17H27BrN2O. The second-order valence-electron chi connectivity index (χ2n) is 7.07. The predicted molar refractivity (Wildman–Crippen MR) is 91.8 cm³/mol. The summed E-state index contributed by atoms with van der Waals surface area (Å²) in [6.45, 7) is 12.4. The van der Waals surface area contributed by atoms with E-state index >= 15 is 0 Å². The number of halogens is 1. The van der Waals surface area contributed by atoms with Crippen molar-refractivity contribution in [3.63, 3.8) is 0 Å². The molecule has 1 saturated heterocycles. The summed E-state index contributed by atoms with van der Waals surface area (Å²) >= 11 is 3.57. The van der Waals surface area contributed by atoms with Gasteiger partial charge in [0.2, 0.25) is 0 Å². The zero-order valence-electron chi connectivity index (χ0n) is 13.7. The summed E-state index contributed by atoms with van der Waals surface area (Å²) in [7, 11) is 1.70. The van der Waals surface area contributed by atoms with Crippen LogP contribution in [0.25, 0.3) is 0 Å². The third-order valence-electron chi connectivity index (χ3n) is 4.35. The molecule has 0 amide bonds. The highest BCUT2D eigenvalue weighted by Gasteiger charge is 2.32. The van der Waals surface area contributed by atoms with E-state index in [0.29, 0.717) is 17.5 Å². The van der Waals surface area contributed by atoms with Gasteiger partial charge in [-0.25, -0.2) is 0 Å². The molecule has 1 aliphatic rings. The second-order valence-corrected chi connectivity index (χ2v) is 7.93. The Morgan fingerprint density at radius 2 is 2.10 bits per heavy atom. The molecule has 4 heteroatoms. The van der Waals surface area contributed by atoms with Gasteiger partial charge in [0.15, 0.2) is 0 Å². The van der Waals surface area contributed by atoms with E-state index in [4.69, 9.17) is 4.74 Å². The Balaban J connectivity index is 2.08. The van der Waals surface area contributed by atoms with Crippen molar-refractivity contribution in [1.29, 1.82) is 0 Å². The van der Waals surface area contributed by atoms with Crippen LogP contribution < -0.4 is 10.1 Å². The second kappa shape index (κ2) is 6.67. The number of nitrogens with zero attached hydrogens (tertiary/aromatic N) is 1. The first-order chi connectivity index (χ1) is 9.81. The molecule has 1 heterocycles. The molecule has 1 aromatic rings. The molecule has 0 spiro atoms. The number of benzene rings is 1. The zero-order chi connectivity index (χ0) is 15.6. The summed E-state index contributed by atoms with van der Waals surface area (Å²) < 4.78 is 6.33. The number of methoxy groups -OCH3 is 1. The van der Waals surface area contributed by atoms with Crippen molar-refractivity contribution in [2.45, 2.75) is 46.3 Å². The van der Waals surface area contributed by atoms with Crippen molar-refractivity contribution in [3.8, 4) is 5.75 Å². The van der Waals surface area contributed by atoms with E-state index in [9.17, 15) is 0 Å². The van der Waals surface area contributed by atoms with Crippen LogP contribution in [0.3, 0.4) is 0 Å². The number of hydrogen-bond donors (Lipinski definition) is 1. The van der Waals surface area contributed by atoms with Crippen molar-refractivity contribution < 1.29 is 4.74 Å². The third-order valence-corrected chi connectivity index (χ3v) is 4.97. The number of hydrogen-bond acceptors (Lipinski definition) is 3. The van der Waals surface area contributed by atoms with E-state index in [0.717, 1.165) is 29.9 Å². The van der Waals surface area contributed by atoms with E-state index in [2.05, 4.69) is 66.0 Å². The SMILES string of the molecule is COc1ccc(CN2CC(C(C)(C)C)NCC2C)cc1Br. The molecule has 0 bridgehead atoms. The van der Waals surface area contributed by atoms with Crippen LogP contribution in [0.2, 0.25) is 0 Å². The zero-order valence-corrected chi connectivity index (χ0v) is 15.3. The van der Waals surface area contributed by atoms with Crippen molar-refractivity contribution >= 4 is 15.9 Å². The number of nitrogens with one attached hydrogen (secondary N) is 1. The molecule has 1 aliphatic heterocycles. The van der Waals surface area contributed by atoms with Crippen LogP contribution >= 0.6 is 15.9 Å². The Kier molecular flexibility index (Phi) is 5.33. The van der Waals surface area contributed by atoms with Gasteiger partial charge in [0, 0.05) is 31.7 Å². The molecule has 1 N–H and O–H groups in total. The Labute approximate surface area is 137 Å². The summed E-state index contributed by atoms with van der Waals surface area (Å²) in [4.78, 5) is 2.57. The largest absolute Gasteiger partial charge is 0.496 e. The van der Waals surface area contributed by atoms with Crippen LogP contribution in [0.15, 0.2) is 22.7 Å². The Bertz CT molecular complexity index is 484. The Hall–Kier alpha value is -0.580. The van der Waals surface area contributed by atoms with Crippen LogP contribution in [0, 0.1) is 5.41 Å². The van der Waals surface area contributed by atoms with Gasteiger partial charge in [0.1, 0.15) is 5.75 Å². The monoisotopic (exact) mass is 354 g/mol. The summed E-state index contributed by atoms with van der Waals surface area (Å²) in [5.41, 5.74) is 1.61. The highest BCUT2D eigenvalue weighted by atomic mass is 79.9. The number of piperazine rings is 1. The first kappa shape index (κ1) is 16.8. The molecule has 2 rings (SSSR count). The Morgan fingerprint density at radius 1 is 1.38 bits per heavy atom. The molecule has 3 nitrogen and oxygen atoms in total. The van der Waals surface area contributed by atoms with Crippen molar-refractivity contribution in [1.82, 2.24) is 10.2 Å². The van der Waals surface area contributed by atoms with Gasteiger partial charge < -0.3 is 10.1 Å². The first-order valence-electron chi connectivity index (χ1n) is 7.61. The highest BCUT2D eigenvalue weighted by Crippen LogP contribution is 2.28. The Morgan fingerprint density at radius 3 is 2.67 bits per heavy atom. The summed E-state index contributed by atoms with van der Waals surface area (Å²) in [5.74, 6) is 0.889. The average Bonchev–Trinajstić information content (AvgIpc) is 2.40. The lowest BCUT2D eigenvalue weighted by atomic mass is 9.84. The van der Waals surface area contributed by atoms with Crippen LogP contribution in [0.5, 0.6) is 5.75 Å². The van der Waals surface area contributed by atoms with Crippen LogP contribution in [0.4, 0.5) is 0 Å². The minimum atomic E-state index is 0.291. The standard InChI is InChI=1S/C17H27BrN2O/c1-12-9-19-16(17(2,3)4)11-20(12)10-13-6-7-15(21-5)14(18)8-13/h6-8,12,16,19H,9-11H2,1-5H3. The lowest BCUT2D eigenvalue weighted by Gasteiger charge is -2.44. The van der Waals surface area contributed by atoms with Crippen LogP contribution in [-0.4, -0.2) is 37.2 Å². The first-order valence-corrected chi connectivity index (χ1v) is 8.40. The van der Waals surface area contributed by atoms with Gasteiger partial charge in [-0.1, -0.05) is 26.8 Å². The van der Waals surface area contributed by atoms with Crippen molar-refractivity contribution in [3.05, 3.63) is 28.2 Å². The summed E-state index contributed by atoms with van der Waals surface area (Å²) in [6.07, 6.45) is 0. The maximum absolute atomic E-state index is 5.30. The minimum Gasteiger partial charge on any atom is -0.496 e. The minimum absolute atomic E-state index is 0.291. The maximum Gasteiger partial charge on any atom is 0.133 e. The maximum atomic E-state index is 5.30. The molecule has 21 heavy (non-hydrogen) atoms. The van der Waals surface area contributed by atoms with Crippen molar-refractivity contribution in [2.75, 3.05) is 20.2 Å². The molecule has 2 atom stereocenters. The van der Waals surface area contributed by atoms with Crippen molar-refractivity contribution in [2.24, 2.45) is 5.41 Å². The molecule has 1 aromatic carbocycles. The molecule has 0 saturated carbocycles. The molecular weight excluding hydrogens is 328 g/mol. The third kappa shape index (κ3) is 4.21. The lowest BCUT2D eigenvalue weighted by Crippen LogP contribution is -2.59. The summed E-state index contributed by atoms with van der Waals surface area (Å²) in [6, 6.07) is 7.46. The lowest BCUT2D eigenvalue weighted by molar-refractivity contribution is 0.0877. The van der Waals surface area contributed by atoms with E-state index in [1.165, 1.54) is 5.56 Å². The quantitative estimate of drug-likeness (QED) is 0.896. The molecule has 0 aliphatic carbocycles. The van der Waals surface area contributed by atoms with Gasteiger partial charge >= 0.3 is 0 Å². The average molecular weight is 355 g/mol. The number of ether oxygens (including phenoxy) is 1. The van der Waals surface area contributed by atoms with E-state index < -0.39 is 0 Å². The van der Waals surface area contributed by atoms with Gasteiger partial charge in [-0.3, -0.25) is 4.90 Å².